The normalized spacial score (nSPS) is 24.7. The third kappa shape index (κ3) is 2.90. The quantitative estimate of drug-likeness (QED) is 0.800. The Hall–Kier alpha value is -0.250. The number of halogens is 1. The van der Waals surface area contributed by atoms with Crippen LogP contribution in [0.15, 0.2) is 18.2 Å². The minimum atomic E-state index is 0.698. The fourth-order valence-electron chi connectivity index (χ4n) is 2.59. The second-order valence-electron chi connectivity index (χ2n) is 4.89. The van der Waals surface area contributed by atoms with Crippen LogP contribution >= 0.6 is 22.6 Å². The third-order valence-electron chi connectivity index (χ3n) is 3.67. The van der Waals surface area contributed by atoms with Crippen molar-refractivity contribution >= 4 is 28.3 Å². The van der Waals surface area contributed by atoms with Crippen LogP contribution in [0.4, 0.5) is 5.69 Å². The molecule has 1 aliphatic rings. The van der Waals surface area contributed by atoms with Crippen LogP contribution in [0.5, 0.6) is 0 Å². The van der Waals surface area contributed by atoms with Crippen molar-refractivity contribution in [1.82, 2.24) is 0 Å². The van der Waals surface area contributed by atoms with Crippen molar-refractivity contribution in [2.75, 3.05) is 5.32 Å². The summed E-state index contributed by atoms with van der Waals surface area (Å²) in [6.07, 6.45) is 5.42. The van der Waals surface area contributed by atoms with E-state index in [0.29, 0.717) is 6.04 Å². The maximum Gasteiger partial charge on any atom is 0.0372 e. The molecule has 0 aliphatic heterocycles. The Morgan fingerprint density at radius 2 is 2.19 bits per heavy atom. The summed E-state index contributed by atoms with van der Waals surface area (Å²) in [4.78, 5) is 0. The van der Waals surface area contributed by atoms with Gasteiger partial charge in [-0.15, -0.1) is 0 Å². The second-order valence-corrected chi connectivity index (χ2v) is 6.13. The molecule has 0 saturated heterocycles. The molecule has 1 saturated carbocycles. The smallest absolute Gasteiger partial charge is 0.0372 e. The maximum atomic E-state index is 3.70. The van der Waals surface area contributed by atoms with Gasteiger partial charge in [-0.2, -0.15) is 0 Å². The summed E-state index contributed by atoms with van der Waals surface area (Å²) in [5, 5.41) is 3.70. The van der Waals surface area contributed by atoms with E-state index in [0.717, 1.165) is 5.92 Å². The number of nitrogens with one attached hydrogen (secondary N) is 1. The highest BCUT2D eigenvalue weighted by atomic mass is 127. The second kappa shape index (κ2) is 5.39. The lowest BCUT2D eigenvalue weighted by molar-refractivity contribution is 0.525. The van der Waals surface area contributed by atoms with Gasteiger partial charge in [0.25, 0.3) is 0 Å². The van der Waals surface area contributed by atoms with Gasteiger partial charge in [-0.3, -0.25) is 0 Å². The molecule has 1 aromatic carbocycles. The predicted octanol–water partition coefficient (Wildman–Crippen LogP) is 4.59. The molecule has 2 atom stereocenters. The Morgan fingerprint density at radius 3 is 2.81 bits per heavy atom. The minimum Gasteiger partial charge on any atom is -0.382 e. The molecule has 2 rings (SSSR count). The van der Waals surface area contributed by atoms with Gasteiger partial charge < -0.3 is 5.32 Å². The van der Waals surface area contributed by atoms with E-state index in [1.807, 2.05) is 0 Å². The van der Waals surface area contributed by atoms with Crippen LogP contribution in [0.3, 0.4) is 0 Å². The average Bonchev–Trinajstić information content (AvgIpc) is 2.70. The van der Waals surface area contributed by atoms with Gasteiger partial charge in [-0.05, 0) is 78.5 Å². The standard InChI is InChI=1S/C14H20IN/c1-3-11-4-6-13(9-11)16-14-7-5-12(15)8-10(14)2/h5,7-8,11,13,16H,3-4,6,9H2,1-2H3. The average molecular weight is 329 g/mol. The molecule has 1 fully saturated rings. The van der Waals surface area contributed by atoms with Crippen molar-refractivity contribution in [3.05, 3.63) is 27.3 Å². The van der Waals surface area contributed by atoms with Crippen LogP contribution in [-0.2, 0) is 0 Å². The Labute approximate surface area is 112 Å². The van der Waals surface area contributed by atoms with Crippen LogP contribution < -0.4 is 5.32 Å². The Balaban J connectivity index is 1.99. The zero-order chi connectivity index (χ0) is 11.5. The molecule has 1 aromatic rings. The predicted molar refractivity (Wildman–Crippen MR) is 78.9 cm³/mol. The lowest BCUT2D eigenvalue weighted by Gasteiger charge is -2.16. The first-order chi connectivity index (χ1) is 7.69. The van der Waals surface area contributed by atoms with Crippen molar-refractivity contribution in [2.45, 2.75) is 45.6 Å². The summed E-state index contributed by atoms with van der Waals surface area (Å²) in [5.74, 6) is 0.946. The summed E-state index contributed by atoms with van der Waals surface area (Å²) in [6, 6.07) is 7.34. The number of aryl methyl sites for hydroxylation is 1. The molecule has 0 bridgehead atoms. The first kappa shape index (κ1) is 12.2. The van der Waals surface area contributed by atoms with Crippen molar-refractivity contribution < 1.29 is 0 Å². The van der Waals surface area contributed by atoms with E-state index in [9.17, 15) is 0 Å². The highest BCUT2D eigenvalue weighted by Gasteiger charge is 2.23. The summed E-state index contributed by atoms with van der Waals surface area (Å²) in [6.45, 7) is 4.50. The largest absolute Gasteiger partial charge is 0.382 e. The number of hydrogen-bond donors (Lipinski definition) is 1. The minimum absolute atomic E-state index is 0.698. The van der Waals surface area contributed by atoms with Gasteiger partial charge in [0.05, 0.1) is 0 Å². The van der Waals surface area contributed by atoms with E-state index in [-0.39, 0.29) is 0 Å². The van der Waals surface area contributed by atoms with Crippen LogP contribution in [0.1, 0.15) is 38.2 Å². The van der Waals surface area contributed by atoms with Crippen molar-refractivity contribution in [1.29, 1.82) is 0 Å². The lowest BCUT2D eigenvalue weighted by atomic mass is 10.1. The molecule has 88 valence electrons. The van der Waals surface area contributed by atoms with E-state index >= 15 is 0 Å². The van der Waals surface area contributed by atoms with Crippen LogP contribution in [0, 0.1) is 16.4 Å². The van der Waals surface area contributed by atoms with Gasteiger partial charge in [-0.1, -0.05) is 13.3 Å². The fourth-order valence-corrected chi connectivity index (χ4v) is 3.23. The Bertz CT molecular complexity index is 362. The van der Waals surface area contributed by atoms with Crippen molar-refractivity contribution in [3.63, 3.8) is 0 Å². The van der Waals surface area contributed by atoms with E-state index in [2.05, 4.69) is 60.0 Å². The number of benzene rings is 1. The molecule has 1 aliphatic carbocycles. The van der Waals surface area contributed by atoms with Crippen LogP contribution in [-0.4, -0.2) is 6.04 Å². The zero-order valence-electron chi connectivity index (χ0n) is 10.1. The summed E-state index contributed by atoms with van der Waals surface area (Å²) < 4.78 is 1.32. The Morgan fingerprint density at radius 1 is 1.38 bits per heavy atom. The maximum absolute atomic E-state index is 3.70. The van der Waals surface area contributed by atoms with Crippen LogP contribution in [0.2, 0.25) is 0 Å². The van der Waals surface area contributed by atoms with Crippen molar-refractivity contribution in [2.24, 2.45) is 5.92 Å². The van der Waals surface area contributed by atoms with Crippen LogP contribution in [0.25, 0.3) is 0 Å². The topological polar surface area (TPSA) is 12.0 Å². The molecule has 0 radical (unpaired) electrons. The molecular formula is C14H20IN. The SMILES string of the molecule is CCC1CCC(Nc2ccc(I)cc2C)C1. The summed E-state index contributed by atoms with van der Waals surface area (Å²) >= 11 is 2.37. The number of hydrogen-bond acceptors (Lipinski definition) is 1. The third-order valence-corrected chi connectivity index (χ3v) is 4.34. The molecule has 1 nitrogen and oxygen atoms in total. The highest BCUT2D eigenvalue weighted by Crippen LogP contribution is 2.31. The molecule has 2 unspecified atom stereocenters. The molecule has 0 heterocycles. The molecule has 0 amide bonds. The van der Waals surface area contributed by atoms with Gasteiger partial charge in [0.1, 0.15) is 0 Å². The van der Waals surface area contributed by atoms with E-state index in [1.54, 1.807) is 0 Å². The molecule has 1 N–H and O–H groups in total. The monoisotopic (exact) mass is 329 g/mol. The number of anilines is 1. The molecule has 16 heavy (non-hydrogen) atoms. The molecular weight excluding hydrogens is 309 g/mol. The number of rotatable bonds is 3. The van der Waals surface area contributed by atoms with Gasteiger partial charge in [0.2, 0.25) is 0 Å². The van der Waals surface area contributed by atoms with E-state index in [1.165, 1.54) is 40.5 Å². The lowest BCUT2D eigenvalue weighted by Crippen LogP contribution is -2.16. The van der Waals surface area contributed by atoms with E-state index < -0.39 is 0 Å². The van der Waals surface area contributed by atoms with Crippen molar-refractivity contribution in [3.8, 4) is 0 Å². The molecule has 0 spiro atoms. The summed E-state index contributed by atoms with van der Waals surface area (Å²) in [5.41, 5.74) is 2.69. The van der Waals surface area contributed by atoms with Gasteiger partial charge >= 0.3 is 0 Å². The molecule has 0 aromatic heterocycles. The van der Waals surface area contributed by atoms with Gasteiger partial charge in [0, 0.05) is 15.3 Å². The Kier molecular flexibility index (Phi) is 4.11. The first-order valence-corrected chi connectivity index (χ1v) is 7.29. The van der Waals surface area contributed by atoms with Gasteiger partial charge in [0.15, 0.2) is 0 Å². The summed E-state index contributed by atoms with van der Waals surface area (Å²) in [7, 11) is 0. The highest BCUT2D eigenvalue weighted by molar-refractivity contribution is 14.1. The zero-order valence-corrected chi connectivity index (χ0v) is 12.3. The first-order valence-electron chi connectivity index (χ1n) is 6.21. The van der Waals surface area contributed by atoms with Gasteiger partial charge in [-0.25, -0.2) is 0 Å². The fraction of sp³-hybridized carbons (Fsp3) is 0.571. The van der Waals surface area contributed by atoms with E-state index in [4.69, 9.17) is 0 Å². The molecule has 2 heteroatoms.